The van der Waals surface area contributed by atoms with Crippen LogP contribution in [0.3, 0.4) is 0 Å². The molecule has 0 bridgehead atoms. The zero-order chi connectivity index (χ0) is 10.6. The highest BCUT2D eigenvalue weighted by Crippen LogP contribution is 2.09. The van der Waals surface area contributed by atoms with Gasteiger partial charge in [0.15, 0.2) is 0 Å². The minimum atomic E-state index is 0. The highest BCUT2D eigenvalue weighted by atomic mass is 35.5. The molecular weight excluding hydrogens is 247 g/mol. The third-order valence-electron chi connectivity index (χ3n) is 2.64. The van der Waals surface area contributed by atoms with Crippen LogP contribution in [-0.4, -0.2) is 27.8 Å². The van der Waals surface area contributed by atoms with Crippen molar-refractivity contribution in [3.05, 3.63) is 17.5 Å². The summed E-state index contributed by atoms with van der Waals surface area (Å²) in [5, 5.41) is 4.22. The van der Waals surface area contributed by atoms with Gasteiger partial charge in [0.1, 0.15) is 0 Å². The van der Waals surface area contributed by atoms with Crippen LogP contribution in [0.1, 0.15) is 25.1 Å². The van der Waals surface area contributed by atoms with E-state index in [1.807, 2.05) is 17.9 Å². The molecule has 1 heterocycles. The number of aryl methyl sites for hydroxylation is 1. The molecule has 0 saturated heterocycles. The second-order valence-corrected chi connectivity index (χ2v) is 3.41. The molecule has 6 heteroatoms. The third kappa shape index (κ3) is 4.29. The smallest absolute Gasteiger partial charge is 0.0565 e. The van der Waals surface area contributed by atoms with Gasteiger partial charge in [-0.15, -0.1) is 24.8 Å². The second kappa shape index (κ2) is 8.82. The summed E-state index contributed by atoms with van der Waals surface area (Å²) in [6.07, 6.45) is 1.86. The van der Waals surface area contributed by atoms with Crippen molar-refractivity contribution in [2.45, 2.75) is 26.9 Å². The van der Waals surface area contributed by atoms with Gasteiger partial charge in [0.05, 0.1) is 11.9 Å². The zero-order valence-corrected chi connectivity index (χ0v) is 11.8. The quantitative estimate of drug-likeness (QED) is 0.882. The van der Waals surface area contributed by atoms with Crippen molar-refractivity contribution in [1.29, 1.82) is 0 Å². The number of hydrogen-bond donors (Lipinski definition) is 1. The molecular formula is C10H22Cl2N4. The van der Waals surface area contributed by atoms with Crippen molar-refractivity contribution in [2.75, 3.05) is 13.1 Å². The van der Waals surface area contributed by atoms with Crippen molar-refractivity contribution in [3.63, 3.8) is 0 Å². The Morgan fingerprint density at radius 3 is 2.31 bits per heavy atom. The maximum absolute atomic E-state index is 5.65. The number of aromatic nitrogens is 2. The summed E-state index contributed by atoms with van der Waals surface area (Å²) in [6.45, 7) is 7.97. The lowest BCUT2D eigenvalue weighted by Gasteiger charge is -2.18. The van der Waals surface area contributed by atoms with Crippen molar-refractivity contribution in [1.82, 2.24) is 14.7 Å². The molecule has 0 aliphatic carbocycles. The van der Waals surface area contributed by atoms with E-state index in [9.17, 15) is 0 Å². The molecule has 2 N–H and O–H groups in total. The van der Waals surface area contributed by atoms with Gasteiger partial charge in [-0.25, -0.2) is 0 Å². The molecule has 0 radical (unpaired) electrons. The molecule has 1 aromatic heterocycles. The first-order valence-corrected chi connectivity index (χ1v) is 5.15. The third-order valence-corrected chi connectivity index (χ3v) is 2.64. The first kappa shape index (κ1) is 18.1. The second-order valence-electron chi connectivity index (χ2n) is 3.41. The summed E-state index contributed by atoms with van der Waals surface area (Å²) < 4.78 is 1.92. The van der Waals surface area contributed by atoms with E-state index in [1.54, 1.807) is 0 Å². The monoisotopic (exact) mass is 268 g/mol. The predicted molar refractivity (Wildman–Crippen MR) is 72.2 cm³/mol. The lowest BCUT2D eigenvalue weighted by atomic mass is 10.2. The van der Waals surface area contributed by atoms with Crippen LogP contribution in [0.4, 0.5) is 0 Å². The van der Waals surface area contributed by atoms with E-state index < -0.39 is 0 Å². The molecule has 96 valence electrons. The summed E-state index contributed by atoms with van der Waals surface area (Å²) in [5.74, 6) is 0. The molecule has 0 atom stereocenters. The Balaban J connectivity index is 0. The summed E-state index contributed by atoms with van der Waals surface area (Å²) >= 11 is 0. The molecule has 16 heavy (non-hydrogen) atoms. The largest absolute Gasteiger partial charge is 0.326 e. The minimum absolute atomic E-state index is 0. The van der Waals surface area contributed by atoms with Gasteiger partial charge in [-0.1, -0.05) is 13.8 Å². The Morgan fingerprint density at radius 2 is 1.88 bits per heavy atom. The molecule has 4 nitrogen and oxygen atoms in total. The topological polar surface area (TPSA) is 47.1 Å². The number of rotatable bonds is 5. The van der Waals surface area contributed by atoms with E-state index in [1.165, 1.54) is 5.69 Å². The van der Waals surface area contributed by atoms with Crippen molar-refractivity contribution in [3.8, 4) is 0 Å². The highest BCUT2D eigenvalue weighted by molar-refractivity contribution is 5.85. The normalized spacial score (nSPS) is 9.81. The van der Waals surface area contributed by atoms with Crippen LogP contribution in [0, 0.1) is 0 Å². The first-order chi connectivity index (χ1) is 6.72. The number of hydrogen-bond acceptors (Lipinski definition) is 3. The van der Waals surface area contributed by atoms with Crippen LogP contribution in [0.5, 0.6) is 0 Å². The van der Waals surface area contributed by atoms with Crippen LogP contribution in [-0.2, 0) is 20.1 Å². The van der Waals surface area contributed by atoms with E-state index >= 15 is 0 Å². The Bertz CT molecular complexity index is 284. The molecule has 0 saturated carbocycles. The Kier molecular flexibility index (Phi) is 9.96. The molecule has 1 rings (SSSR count). The van der Waals surface area contributed by atoms with Crippen molar-refractivity contribution >= 4 is 24.8 Å². The fourth-order valence-corrected chi connectivity index (χ4v) is 1.54. The van der Waals surface area contributed by atoms with E-state index in [4.69, 9.17) is 5.73 Å². The number of nitrogens with two attached hydrogens (primary N) is 1. The van der Waals surface area contributed by atoms with Crippen molar-refractivity contribution < 1.29 is 0 Å². The van der Waals surface area contributed by atoms with Gasteiger partial charge in [-0.05, 0) is 13.1 Å². The van der Waals surface area contributed by atoms with Gasteiger partial charge in [0, 0.05) is 25.7 Å². The van der Waals surface area contributed by atoms with Crippen LogP contribution >= 0.6 is 24.8 Å². The zero-order valence-electron chi connectivity index (χ0n) is 10.1. The van der Waals surface area contributed by atoms with Gasteiger partial charge < -0.3 is 5.73 Å². The van der Waals surface area contributed by atoms with Gasteiger partial charge >= 0.3 is 0 Å². The SMILES string of the molecule is CCN(CC)Cc1c(CN)cnn1C.Cl.Cl. The molecule has 0 aliphatic heterocycles. The number of nitrogens with zero attached hydrogens (tertiary/aromatic N) is 3. The van der Waals surface area contributed by atoms with E-state index in [0.29, 0.717) is 6.54 Å². The predicted octanol–water partition coefficient (Wildman–Crippen LogP) is 1.56. The van der Waals surface area contributed by atoms with Gasteiger partial charge in [0.2, 0.25) is 0 Å². The minimum Gasteiger partial charge on any atom is -0.326 e. The van der Waals surface area contributed by atoms with Crippen LogP contribution in [0.25, 0.3) is 0 Å². The lowest BCUT2D eigenvalue weighted by Crippen LogP contribution is -2.24. The Labute approximate surface area is 110 Å². The Hall–Kier alpha value is -0.290. The Morgan fingerprint density at radius 1 is 1.31 bits per heavy atom. The van der Waals surface area contributed by atoms with Crippen LogP contribution in [0.15, 0.2) is 6.20 Å². The van der Waals surface area contributed by atoms with E-state index in [-0.39, 0.29) is 24.8 Å². The van der Waals surface area contributed by atoms with Crippen molar-refractivity contribution in [2.24, 2.45) is 12.8 Å². The standard InChI is InChI=1S/C10H20N4.2ClH/c1-4-14(5-2)8-10-9(6-11)7-12-13(10)3;;/h7H,4-6,8,11H2,1-3H3;2*1H. The summed E-state index contributed by atoms with van der Waals surface area (Å²) in [5.41, 5.74) is 8.04. The van der Waals surface area contributed by atoms with Crippen LogP contribution in [0.2, 0.25) is 0 Å². The molecule has 0 spiro atoms. The van der Waals surface area contributed by atoms with E-state index in [0.717, 1.165) is 25.2 Å². The molecule has 0 aliphatic rings. The summed E-state index contributed by atoms with van der Waals surface area (Å²) in [6, 6.07) is 0. The first-order valence-electron chi connectivity index (χ1n) is 5.15. The fourth-order valence-electron chi connectivity index (χ4n) is 1.54. The van der Waals surface area contributed by atoms with Crippen LogP contribution < -0.4 is 5.73 Å². The summed E-state index contributed by atoms with van der Waals surface area (Å²) in [7, 11) is 1.97. The molecule has 0 unspecified atom stereocenters. The van der Waals surface area contributed by atoms with Gasteiger partial charge in [-0.3, -0.25) is 9.58 Å². The lowest BCUT2D eigenvalue weighted by molar-refractivity contribution is 0.286. The fraction of sp³-hybridized carbons (Fsp3) is 0.700. The highest BCUT2D eigenvalue weighted by Gasteiger charge is 2.09. The van der Waals surface area contributed by atoms with E-state index in [2.05, 4.69) is 23.8 Å². The average Bonchev–Trinajstić information content (AvgIpc) is 2.56. The molecule has 0 amide bonds. The maximum atomic E-state index is 5.65. The number of halogens is 2. The summed E-state index contributed by atoms with van der Waals surface area (Å²) in [4.78, 5) is 2.36. The molecule has 0 fully saturated rings. The van der Waals surface area contributed by atoms with Gasteiger partial charge in [-0.2, -0.15) is 5.10 Å². The molecule has 1 aromatic rings. The maximum Gasteiger partial charge on any atom is 0.0565 e. The molecule has 0 aromatic carbocycles. The average molecular weight is 269 g/mol. The van der Waals surface area contributed by atoms with Gasteiger partial charge in [0.25, 0.3) is 0 Å².